The first-order chi connectivity index (χ1) is 28.6. The SMILES string of the molecule is CC/C=C\C/C=C\C/C=C\C/C=C\C/C=C\C/C=C\CCCCCOCC(COP(=O)([O-])OCC[N+](C)(C)C)OC(=O)CCCCCCCCCCCCCCCCC. The van der Waals surface area contributed by atoms with Crippen LogP contribution in [0.15, 0.2) is 72.9 Å². The number of nitrogens with zero attached hydrogens (tertiary/aromatic N) is 1. The van der Waals surface area contributed by atoms with Gasteiger partial charge in [-0.2, -0.15) is 0 Å². The molecule has 0 aromatic carbocycles. The van der Waals surface area contributed by atoms with Crippen molar-refractivity contribution >= 4 is 13.8 Å². The molecule has 0 rings (SSSR count). The van der Waals surface area contributed by atoms with Gasteiger partial charge in [0.1, 0.15) is 19.3 Å². The summed E-state index contributed by atoms with van der Waals surface area (Å²) in [5.74, 6) is -0.347. The van der Waals surface area contributed by atoms with Crippen molar-refractivity contribution < 1.29 is 37.3 Å². The average molecular weight is 848 g/mol. The lowest BCUT2D eigenvalue weighted by Crippen LogP contribution is -2.37. The van der Waals surface area contributed by atoms with Gasteiger partial charge in [-0.1, -0.05) is 183 Å². The van der Waals surface area contributed by atoms with Crippen molar-refractivity contribution in [1.29, 1.82) is 0 Å². The Morgan fingerprint density at radius 3 is 1.46 bits per heavy atom. The number of esters is 1. The summed E-state index contributed by atoms with van der Waals surface area (Å²) in [5, 5.41) is 0. The molecule has 0 aromatic rings. The molecular formula is C50H90NO7P. The molecule has 2 atom stereocenters. The zero-order valence-electron chi connectivity index (χ0n) is 38.7. The maximum atomic E-state index is 12.7. The second-order valence-electron chi connectivity index (χ2n) is 16.7. The summed E-state index contributed by atoms with van der Waals surface area (Å²) in [5.41, 5.74) is 0. The van der Waals surface area contributed by atoms with Crippen LogP contribution < -0.4 is 4.89 Å². The minimum absolute atomic E-state index is 0.0169. The van der Waals surface area contributed by atoms with Gasteiger partial charge in [-0.25, -0.2) is 0 Å². The highest BCUT2D eigenvalue weighted by molar-refractivity contribution is 7.45. The summed E-state index contributed by atoms with van der Waals surface area (Å²) in [6.45, 7) is 5.21. The first-order valence-electron chi connectivity index (χ1n) is 23.7. The Kier molecular flexibility index (Phi) is 41.1. The summed E-state index contributed by atoms with van der Waals surface area (Å²) >= 11 is 0. The second kappa shape index (κ2) is 42.6. The maximum absolute atomic E-state index is 12.7. The van der Waals surface area contributed by atoms with Crippen molar-refractivity contribution in [1.82, 2.24) is 0 Å². The van der Waals surface area contributed by atoms with E-state index in [1.54, 1.807) is 0 Å². The number of carbonyl (C=O) groups is 1. The molecule has 0 aliphatic rings. The Bertz CT molecular complexity index is 1170. The van der Waals surface area contributed by atoms with Crippen LogP contribution in [0.5, 0.6) is 0 Å². The summed E-state index contributed by atoms with van der Waals surface area (Å²) in [6.07, 6.45) is 54.9. The Labute approximate surface area is 363 Å². The Hall–Kier alpha value is -2.06. The van der Waals surface area contributed by atoms with Crippen LogP contribution in [0.2, 0.25) is 0 Å². The fourth-order valence-corrected chi connectivity index (χ4v) is 6.87. The van der Waals surface area contributed by atoms with E-state index in [1.165, 1.54) is 77.0 Å². The molecule has 2 unspecified atom stereocenters. The second-order valence-corrected chi connectivity index (χ2v) is 18.2. The largest absolute Gasteiger partial charge is 0.756 e. The van der Waals surface area contributed by atoms with Gasteiger partial charge in [0.15, 0.2) is 0 Å². The van der Waals surface area contributed by atoms with Gasteiger partial charge in [0.25, 0.3) is 7.82 Å². The van der Waals surface area contributed by atoms with Gasteiger partial charge in [0.05, 0.1) is 34.4 Å². The molecule has 8 nitrogen and oxygen atoms in total. The number of allylic oxidation sites excluding steroid dienone is 12. The minimum atomic E-state index is -4.54. The lowest BCUT2D eigenvalue weighted by atomic mass is 10.0. The van der Waals surface area contributed by atoms with Gasteiger partial charge in [-0.05, 0) is 64.2 Å². The van der Waals surface area contributed by atoms with E-state index in [-0.39, 0.29) is 25.8 Å². The number of ether oxygens (including phenoxy) is 2. The molecule has 0 bridgehead atoms. The van der Waals surface area contributed by atoms with E-state index < -0.39 is 13.9 Å². The van der Waals surface area contributed by atoms with Crippen molar-refractivity contribution in [3.63, 3.8) is 0 Å². The quantitative estimate of drug-likeness (QED) is 0.0198. The number of quaternary nitrogens is 1. The number of phosphoric ester groups is 1. The fraction of sp³-hybridized carbons (Fsp3) is 0.740. The zero-order chi connectivity index (χ0) is 43.4. The molecule has 59 heavy (non-hydrogen) atoms. The van der Waals surface area contributed by atoms with Gasteiger partial charge in [-0.3, -0.25) is 9.36 Å². The number of hydrogen-bond acceptors (Lipinski definition) is 7. The first kappa shape index (κ1) is 56.9. The molecule has 342 valence electrons. The van der Waals surface area contributed by atoms with E-state index in [4.69, 9.17) is 18.5 Å². The van der Waals surface area contributed by atoms with Gasteiger partial charge in [-0.15, -0.1) is 0 Å². The highest BCUT2D eigenvalue weighted by atomic mass is 31.2. The lowest BCUT2D eigenvalue weighted by molar-refractivity contribution is -0.870. The molecule has 0 N–H and O–H groups in total. The molecule has 0 fully saturated rings. The number of rotatable bonds is 43. The van der Waals surface area contributed by atoms with Gasteiger partial charge < -0.3 is 27.9 Å². The van der Waals surface area contributed by atoms with Crippen molar-refractivity contribution in [2.45, 2.75) is 187 Å². The summed E-state index contributed by atoms with van der Waals surface area (Å²) in [4.78, 5) is 25.1. The Morgan fingerprint density at radius 1 is 0.542 bits per heavy atom. The van der Waals surface area contributed by atoms with Crippen LogP contribution >= 0.6 is 7.82 Å². The van der Waals surface area contributed by atoms with Crippen LogP contribution in [0, 0.1) is 0 Å². The van der Waals surface area contributed by atoms with E-state index in [0.29, 0.717) is 24.1 Å². The number of unbranched alkanes of at least 4 members (excludes halogenated alkanes) is 17. The molecule has 0 saturated heterocycles. The van der Waals surface area contributed by atoms with Gasteiger partial charge >= 0.3 is 5.97 Å². The lowest BCUT2D eigenvalue weighted by Gasteiger charge is -2.28. The standard InChI is InChI=1S/C50H90NO7P/c1-6-8-10-12-14-16-18-20-22-23-24-25-26-27-28-30-32-34-36-38-40-42-45-55-47-49(48-57-59(53,54)56-46-44-51(3,4)5)58-50(52)43-41-39-37-35-33-31-29-21-19-17-15-13-11-9-7-2/h8,10,14,16,20,22,24-25,27-28,32,34,49H,6-7,9,11-13,15,17-19,21,23,26,29-31,33,35-48H2,1-5H3/b10-8-,16-14-,22-20-,25-24-,28-27-,34-32-. The van der Waals surface area contributed by atoms with Crippen LogP contribution in [0.25, 0.3) is 0 Å². The van der Waals surface area contributed by atoms with E-state index >= 15 is 0 Å². The minimum Gasteiger partial charge on any atom is -0.756 e. The van der Waals surface area contributed by atoms with Crippen LogP contribution in [0.1, 0.15) is 181 Å². The van der Waals surface area contributed by atoms with E-state index in [0.717, 1.165) is 83.5 Å². The summed E-state index contributed by atoms with van der Waals surface area (Å²) < 4.78 is 34.6. The first-order valence-corrected chi connectivity index (χ1v) is 25.1. The fourth-order valence-electron chi connectivity index (χ4n) is 6.14. The van der Waals surface area contributed by atoms with E-state index in [9.17, 15) is 14.3 Å². The highest BCUT2D eigenvalue weighted by Crippen LogP contribution is 2.38. The van der Waals surface area contributed by atoms with Gasteiger partial charge in [0, 0.05) is 13.0 Å². The highest BCUT2D eigenvalue weighted by Gasteiger charge is 2.20. The molecule has 0 saturated carbocycles. The van der Waals surface area contributed by atoms with E-state index in [2.05, 4.69) is 86.8 Å². The smallest absolute Gasteiger partial charge is 0.306 e. The van der Waals surface area contributed by atoms with Crippen molar-refractivity contribution in [3.8, 4) is 0 Å². The molecule has 0 amide bonds. The number of phosphoric acid groups is 1. The Morgan fingerprint density at radius 2 is 0.983 bits per heavy atom. The normalized spacial score (nSPS) is 14.3. The third kappa shape index (κ3) is 46.9. The number of carbonyl (C=O) groups excluding carboxylic acids is 1. The van der Waals surface area contributed by atoms with Crippen molar-refractivity contribution in [2.24, 2.45) is 0 Å². The van der Waals surface area contributed by atoms with E-state index in [1.807, 2.05) is 21.1 Å². The van der Waals surface area contributed by atoms with Crippen LogP contribution in [-0.4, -0.2) is 70.7 Å². The molecule has 0 aliphatic carbocycles. The Balaban J connectivity index is 4.27. The topological polar surface area (TPSA) is 94.1 Å². The van der Waals surface area contributed by atoms with Crippen LogP contribution in [0.3, 0.4) is 0 Å². The zero-order valence-corrected chi connectivity index (χ0v) is 39.6. The predicted molar refractivity (Wildman–Crippen MR) is 249 cm³/mol. The maximum Gasteiger partial charge on any atom is 0.306 e. The third-order valence-electron chi connectivity index (χ3n) is 9.77. The molecule has 0 aromatic heterocycles. The molecule has 0 radical (unpaired) electrons. The van der Waals surface area contributed by atoms with Crippen molar-refractivity contribution in [3.05, 3.63) is 72.9 Å². The molecular weight excluding hydrogens is 758 g/mol. The summed E-state index contributed by atoms with van der Waals surface area (Å²) in [7, 11) is 1.33. The molecule has 0 spiro atoms. The molecule has 0 heterocycles. The average Bonchev–Trinajstić information content (AvgIpc) is 3.19. The summed E-state index contributed by atoms with van der Waals surface area (Å²) in [6, 6.07) is 0. The third-order valence-corrected chi connectivity index (χ3v) is 10.7. The van der Waals surface area contributed by atoms with Crippen molar-refractivity contribution in [2.75, 3.05) is 54.1 Å². The molecule has 0 aliphatic heterocycles. The number of likely N-dealkylation sites (N-methyl/N-ethyl adjacent to an activating group) is 1. The predicted octanol–water partition coefficient (Wildman–Crippen LogP) is 13.6. The monoisotopic (exact) mass is 848 g/mol. The number of hydrogen-bond donors (Lipinski definition) is 0. The molecule has 9 heteroatoms. The van der Waals surface area contributed by atoms with Gasteiger partial charge in [0.2, 0.25) is 0 Å². The van der Waals surface area contributed by atoms with Crippen LogP contribution in [-0.2, 0) is 27.9 Å². The van der Waals surface area contributed by atoms with Crippen LogP contribution in [0.4, 0.5) is 0 Å².